The largest absolute Gasteiger partial charge is 0.506 e. The van der Waals surface area contributed by atoms with Crippen molar-refractivity contribution >= 4 is 28.5 Å². The molecule has 2 unspecified atom stereocenters. The van der Waals surface area contributed by atoms with Gasteiger partial charge in [-0.2, -0.15) is 4.21 Å². The molecule has 0 aliphatic carbocycles. The van der Waals surface area contributed by atoms with Gasteiger partial charge in [-0.05, 0) is 43.2 Å². The summed E-state index contributed by atoms with van der Waals surface area (Å²) in [4.78, 5) is 12.4. The molecule has 0 saturated carbocycles. The van der Waals surface area contributed by atoms with Crippen LogP contribution in [0.15, 0.2) is 48.5 Å². The third-order valence-corrected chi connectivity index (χ3v) is 4.89. The summed E-state index contributed by atoms with van der Waals surface area (Å²) in [5.41, 5.74) is 0.732. The van der Waals surface area contributed by atoms with Crippen molar-refractivity contribution in [3.8, 4) is 11.5 Å². The lowest BCUT2D eigenvalue weighted by atomic mass is 9.98. The molecule has 0 bridgehead atoms. The summed E-state index contributed by atoms with van der Waals surface area (Å²) >= 11 is -1.81. The van der Waals surface area contributed by atoms with Crippen LogP contribution in [0.5, 0.6) is 11.5 Å². The minimum Gasteiger partial charge on any atom is -0.506 e. The van der Waals surface area contributed by atoms with E-state index in [1.54, 1.807) is 30.3 Å². The van der Waals surface area contributed by atoms with Crippen molar-refractivity contribution < 1.29 is 18.3 Å². The second kappa shape index (κ2) is 10.6. The molecule has 3 N–H and O–H groups in total. The summed E-state index contributed by atoms with van der Waals surface area (Å²) in [6.45, 7) is 4.06. The van der Waals surface area contributed by atoms with E-state index in [0.29, 0.717) is 11.4 Å². The molecule has 0 fully saturated rings. The van der Waals surface area contributed by atoms with Crippen molar-refractivity contribution in [2.24, 2.45) is 5.92 Å². The van der Waals surface area contributed by atoms with Gasteiger partial charge in [-0.25, -0.2) is 0 Å². The van der Waals surface area contributed by atoms with Crippen molar-refractivity contribution in [2.75, 3.05) is 10.0 Å². The van der Waals surface area contributed by atoms with E-state index in [0.717, 1.165) is 25.7 Å². The van der Waals surface area contributed by atoms with Gasteiger partial charge in [0.15, 0.2) is 0 Å². The van der Waals surface area contributed by atoms with Gasteiger partial charge in [0.2, 0.25) is 5.91 Å². The van der Waals surface area contributed by atoms with Gasteiger partial charge in [-0.1, -0.05) is 44.9 Å². The molecule has 0 spiro atoms. The summed E-state index contributed by atoms with van der Waals surface area (Å²) in [5.74, 6) is 0.197. The first kappa shape index (κ1) is 20.8. The van der Waals surface area contributed by atoms with Crippen molar-refractivity contribution in [3.63, 3.8) is 0 Å². The zero-order valence-electron chi connectivity index (χ0n) is 15.6. The lowest BCUT2D eigenvalue weighted by Gasteiger charge is -2.16. The molecule has 0 aromatic heterocycles. The Kier molecular flexibility index (Phi) is 8.13. The van der Waals surface area contributed by atoms with Crippen LogP contribution in [-0.2, 0) is 16.1 Å². The van der Waals surface area contributed by atoms with Crippen molar-refractivity contribution in [2.45, 2.75) is 39.5 Å². The Balaban J connectivity index is 2.02. The quantitative estimate of drug-likeness (QED) is 0.408. The maximum Gasteiger partial charge on any atom is 0.316 e. The Morgan fingerprint density at radius 1 is 1.19 bits per heavy atom. The fourth-order valence-electron chi connectivity index (χ4n) is 2.59. The van der Waals surface area contributed by atoms with Crippen LogP contribution in [0.4, 0.5) is 11.4 Å². The molecule has 146 valence electrons. The Hall–Kier alpha value is -2.54. The standard InChI is InChI=1S/C20H26N2O4S/c1-3-5-9-15(4-2)20(24)21-18-14-16(12-13-19(18)23)22-27(25)26-17-10-7-6-8-11-17/h6-8,10-15,22-23H,3-5,9H2,1-2H3,(H,21,24). The van der Waals surface area contributed by atoms with Crippen LogP contribution < -0.4 is 14.2 Å². The first-order valence-corrected chi connectivity index (χ1v) is 10.2. The predicted molar refractivity (Wildman–Crippen MR) is 109 cm³/mol. The van der Waals surface area contributed by atoms with Gasteiger partial charge in [0.1, 0.15) is 11.5 Å². The second-order valence-electron chi connectivity index (χ2n) is 6.20. The third-order valence-electron chi connectivity index (χ3n) is 4.14. The van der Waals surface area contributed by atoms with Crippen LogP contribution in [0.1, 0.15) is 39.5 Å². The summed E-state index contributed by atoms with van der Waals surface area (Å²) in [6, 6.07) is 13.3. The lowest BCUT2D eigenvalue weighted by molar-refractivity contribution is -0.120. The van der Waals surface area contributed by atoms with E-state index in [1.165, 1.54) is 12.1 Å². The Labute approximate surface area is 162 Å². The Morgan fingerprint density at radius 3 is 2.59 bits per heavy atom. The van der Waals surface area contributed by atoms with Crippen LogP contribution in [0, 0.1) is 5.92 Å². The second-order valence-corrected chi connectivity index (χ2v) is 7.04. The molecule has 0 saturated heterocycles. The number of benzene rings is 2. The molecule has 2 aromatic rings. The molecule has 0 aliphatic rings. The summed E-state index contributed by atoms with van der Waals surface area (Å²) in [5, 5.41) is 12.8. The number of amides is 1. The highest BCUT2D eigenvalue weighted by molar-refractivity contribution is 7.81. The van der Waals surface area contributed by atoms with Gasteiger partial charge in [0.25, 0.3) is 0 Å². The number of carbonyl (C=O) groups excluding carboxylic acids is 1. The zero-order valence-corrected chi connectivity index (χ0v) is 16.4. The number of para-hydroxylation sites is 1. The summed E-state index contributed by atoms with van der Waals surface area (Å²) in [6.07, 6.45) is 3.56. The number of anilines is 2. The smallest absolute Gasteiger partial charge is 0.316 e. The number of hydrogen-bond donors (Lipinski definition) is 3. The molecule has 6 nitrogen and oxygen atoms in total. The number of nitrogens with one attached hydrogen (secondary N) is 2. The Morgan fingerprint density at radius 2 is 1.93 bits per heavy atom. The number of phenols is 1. The highest BCUT2D eigenvalue weighted by Crippen LogP contribution is 2.28. The van der Waals surface area contributed by atoms with E-state index in [1.807, 2.05) is 13.0 Å². The molecular formula is C20H26N2O4S. The topological polar surface area (TPSA) is 87.7 Å². The predicted octanol–water partition coefficient (Wildman–Crippen LogP) is 4.62. The molecular weight excluding hydrogens is 364 g/mol. The maximum atomic E-state index is 12.4. The first-order valence-electron chi connectivity index (χ1n) is 9.09. The number of aromatic hydroxyl groups is 1. The lowest BCUT2D eigenvalue weighted by Crippen LogP contribution is -2.22. The Bertz CT molecular complexity index is 768. The minimum absolute atomic E-state index is 0.0472. The third kappa shape index (κ3) is 6.60. The van der Waals surface area contributed by atoms with E-state index in [-0.39, 0.29) is 23.3 Å². The average molecular weight is 391 g/mol. The monoisotopic (exact) mass is 390 g/mol. The van der Waals surface area contributed by atoms with Gasteiger partial charge in [-0.15, -0.1) is 0 Å². The van der Waals surface area contributed by atoms with Crippen LogP contribution in [0.3, 0.4) is 0 Å². The number of phenolic OH excluding ortho intramolecular Hbond substituents is 1. The molecule has 0 heterocycles. The van der Waals surface area contributed by atoms with Gasteiger partial charge < -0.3 is 14.6 Å². The van der Waals surface area contributed by atoms with Gasteiger partial charge in [0.05, 0.1) is 11.4 Å². The van der Waals surface area contributed by atoms with E-state index >= 15 is 0 Å². The van der Waals surface area contributed by atoms with Gasteiger partial charge >= 0.3 is 11.3 Å². The number of rotatable bonds is 10. The number of unbranched alkanes of at least 4 members (excludes halogenated alkanes) is 1. The van der Waals surface area contributed by atoms with Crippen molar-refractivity contribution in [3.05, 3.63) is 48.5 Å². The van der Waals surface area contributed by atoms with Gasteiger partial charge in [-0.3, -0.25) is 9.52 Å². The van der Waals surface area contributed by atoms with Crippen LogP contribution >= 0.6 is 0 Å². The summed E-state index contributed by atoms with van der Waals surface area (Å²) in [7, 11) is 0. The fourth-order valence-corrected chi connectivity index (χ4v) is 3.23. The normalized spacial score (nSPS) is 12.8. The first-order chi connectivity index (χ1) is 13.0. The van der Waals surface area contributed by atoms with Crippen LogP contribution in [0.25, 0.3) is 0 Å². The molecule has 1 amide bonds. The van der Waals surface area contributed by atoms with E-state index in [4.69, 9.17) is 4.18 Å². The molecule has 2 rings (SSSR count). The number of hydrogen-bond acceptors (Lipinski definition) is 4. The van der Waals surface area contributed by atoms with E-state index in [2.05, 4.69) is 17.0 Å². The van der Waals surface area contributed by atoms with Crippen LogP contribution in [0.2, 0.25) is 0 Å². The highest BCUT2D eigenvalue weighted by Gasteiger charge is 2.17. The van der Waals surface area contributed by atoms with E-state index < -0.39 is 11.3 Å². The number of carbonyl (C=O) groups is 1. The van der Waals surface area contributed by atoms with E-state index in [9.17, 15) is 14.1 Å². The average Bonchev–Trinajstić information content (AvgIpc) is 2.66. The van der Waals surface area contributed by atoms with Crippen molar-refractivity contribution in [1.82, 2.24) is 0 Å². The molecule has 0 radical (unpaired) electrons. The van der Waals surface area contributed by atoms with Gasteiger partial charge in [0, 0.05) is 5.92 Å². The molecule has 2 aromatic carbocycles. The molecule has 0 aliphatic heterocycles. The summed E-state index contributed by atoms with van der Waals surface area (Å²) < 4.78 is 20.1. The minimum atomic E-state index is -1.81. The SMILES string of the molecule is CCCCC(CC)C(=O)Nc1cc(NS(=O)Oc2ccccc2)ccc1O. The van der Waals surface area contributed by atoms with Crippen molar-refractivity contribution in [1.29, 1.82) is 0 Å². The molecule has 7 heteroatoms. The molecule has 27 heavy (non-hydrogen) atoms. The zero-order chi connectivity index (χ0) is 19.6. The molecule has 2 atom stereocenters. The van der Waals surface area contributed by atoms with Crippen LogP contribution in [-0.4, -0.2) is 15.2 Å². The maximum absolute atomic E-state index is 12.4. The fraction of sp³-hybridized carbons (Fsp3) is 0.350. The highest BCUT2D eigenvalue weighted by atomic mass is 32.2.